The molecule has 0 bridgehead atoms. The highest BCUT2D eigenvalue weighted by Crippen LogP contribution is 2.10. The molecule has 4 heteroatoms. The summed E-state index contributed by atoms with van der Waals surface area (Å²) in [5.41, 5.74) is 0. The quantitative estimate of drug-likeness (QED) is 0.677. The highest BCUT2D eigenvalue weighted by Gasteiger charge is 2.09. The molecule has 0 saturated carbocycles. The minimum atomic E-state index is -1.29. The fraction of sp³-hybridized carbons (Fsp3) is 0.222. The van der Waals surface area contributed by atoms with Crippen molar-refractivity contribution in [2.75, 3.05) is 0 Å². The Morgan fingerprint density at radius 2 is 2.00 bits per heavy atom. The number of carbonyl (C=O) groups is 1. The minimum absolute atomic E-state index is 0.422. The smallest absolute Gasteiger partial charge is 0.309 e. The Balaban J connectivity index is 2.45. The fourth-order valence-electron chi connectivity index (χ4n) is 0.847. The van der Waals surface area contributed by atoms with Gasteiger partial charge in [0, 0.05) is 0 Å². The summed E-state index contributed by atoms with van der Waals surface area (Å²) in [6, 6.07) is 8.57. The van der Waals surface area contributed by atoms with Crippen molar-refractivity contribution < 1.29 is 19.7 Å². The summed E-state index contributed by atoms with van der Waals surface area (Å²) in [7, 11) is 0. The largest absolute Gasteiger partial charge is 0.481 e. The van der Waals surface area contributed by atoms with Crippen molar-refractivity contribution in [1.82, 2.24) is 0 Å². The van der Waals surface area contributed by atoms with E-state index < -0.39 is 18.7 Å². The molecule has 70 valence electrons. The highest BCUT2D eigenvalue weighted by molar-refractivity contribution is 5.67. The van der Waals surface area contributed by atoms with Crippen LogP contribution in [0.15, 0.2) is 30.3 Å². The molecule has 1 aromatic rings. The molecule has 0 saturated heterocycles. The number of carboxylic acid groups (broad SMARTS) is 1. The van der Waals surface area contributed by atoms with Crippen molar-refractivity contribution in [3.8, 4) is 5.75 Å². The maximum Gasteiger partial charge on any atom is 0.309 e. The van der Waals surface area contributed by atoms with Crippen LogP contribution in [0.3, 0.4) is 0 Å². The number of hydrogen-bond donors (Lipinski definition) is 2. The monoisotopic (exact) mass is 182 g/mol. The molecule has 4 nitrogen and oxygen atoms in total. The van der Waals surface area contributed by atoms with Gasteiger partial charge in [0.15, 0.2) is 0 Å². The lowest BCUT2D eigenvalue weighted by atomic mass is 10.3. The molecule has 1 aromatic carbocycles. The van der Waals surface area contributed by atoms with E-state index in [4.69, 9.17) is 14.9 Å². The summed E-state index contributed by atoms with van der Waals surface area (Å²) < 4.78 is 4.90. The fourth-order valence-corrected chi connectivity index (χ4v) is 0.847. The number of ether oxygens (including phenoxy) is 1. The maximum absolute atomic E-state index is 10.2. The van der Waals surface area contributed by atoms with Gasteiger partial charge in [-0.1, -0.05) is 18.2 Å². The van der Waals surface area contributed by atoms with E-state index in [1.807, 2.05) is 0 Å². The average Bonchev–Trinajstić information content (AvgIpc) is 2.04. The molecular weight excluding hydrogens is 172 g/mol. The number of carboxylic acids is 1. The van der Waals surface area contributed by atoms with Crippen molar-refractivity contribution in [1.29, 1.82) is 0 Å². The van der Waals surface area contributed by atoms with E-state index in [1.165, 1.54) is 0 Å². The van der Waals surface area contributed by atoms with Gasteiger partial charge in [-0.3, -0.25) is 4.79 Å². The van der Waals surface area contributed by atoms with Gasteiger partial charge in [0.1, 0.15) is 12.2 Å². The van der Waals surface area contributed by atoms with Gasteiger partial charge in [-0.05, 0) is 12.1 Å². The number of rotatable bonds is 4. The lowest BCUT2D eigenvalue weighted by Gasteiger charge is -2.10. The van der Waals surface area contributed by atoms with E-state index in [0.29, 0.717) is 5.75 Å². The van der Waals surface area contributed by atoms with Crippen LogP contribution < -0.4 is 4.74 Å². The number of hydrogen-bond acceptors (Lipinski definition) is 3. The van der Waals surface area contributed by atoms with Crippen molar-refractivity contribution in [2.24, 2.45) is 0 Å². The SMILES string of the molecule is O=C(O)CC(O)Oc1ccccc1. The van der Waals surface area contributed by atoms with Crippen LogP contribution in [-0.4, -0.2) is 22.5 Å². The molecule has 0 aliphatic rings. The summed E-state index contributed by atoms with van der Waals surface area (Å²) in [5.74, 6) is -0.639. The summed E-state index contributed by atoms with van der Waals surface area (Å²) in [5, 5.41) is 17.4. The molecule has 0 aromatic heterocycles. The van der Waals surface area contributed by atoms with Gasteiger partial charge < -0.3 is 14.9 Å². The van der Waals surface area contributed by atoms with Crippen LogP contribution in [-0.2, 0) is 4.79 Å². The minimum Gasteiger partial charge on any atom is -0.481 e. The lowest BCUT2D eigenvalue weighted by molar-refractivity contribution is -0.143. The van der Waals surface area contributed by atoms with Crippen molar-refractivity contribution >= 4 is 5.97 Å². The van der Waals surface area contributed by atoms with Gasteiger partial charge in [0.2, 0.25) is 6.29 Å². The zero-order valence-corrected chi connectivity index (χ0v) is 6.88. The molecule has 0 amide bonds. The Morgan fingerprint density at radius 3 is 2.54 bits per heavy atom. The normalized spacial score (nSPS) is 12.1. The molecule has 0 aliphatic heterocycles. The van der Waals surface area contributed by atoms with E-state index in [0.717, 1.165) is 0 Å². The Hall–Kier alpha value is -1.55. The molecule has 0 aliphatic carbocycles. The van der Waals surface area contributed by atoms with E-state index in [1.54, 1.807) is 30.3 Å². The second kappa shape index (κ2) is 4.47. The first-order valence-electron chi connectivity index (χ1n) is 3.80. The average molecular weight is 182 g/mol. The van der Waals surface area contributed by atoms with Crippen LogP contribution in [0.25, 0.3) is 0 Å². The van der Waals surface area contributed by atoms with Crippen molar-refractivity contribution in [3.05, 3.63) is 30.3 Å². The van der Waals surface area contributed by atoms with Crippen LogP contribution in [0.4, 0.5) is 0 Å². The Bertz CT molecular complexity index is 270. The third kappa shape index (κ3) is 3.57. The summed E-state index contributed by atoms with van der Waals surface area (Å²) >= 11 is 0. The predicted octanol–water partition coefficient (Wildman–Crippen LogP) is 0.859. The lowest BCUT2D eigenvalue weighted by Crippen LogP contribution is -2.19. The Labute approximate surface area is 75.4 Å². The Morgan fingerprint density at radius 1 is 1.38 bits per heavy atom. The van der Waals surface area contributed by atoms with Crippen molar-refractivity contribution in [3.63, 3.8) is 0 Å². The molecule has 0 spiro atoms. The van der Waals surface area contributed by atoms with E-state index in [9.17, 15) is 4.79 Å². The molecule has 0 fully saturated rings. The first-order valence-corrected chi connectivity index (χ1v) is 3.80. The van der Waals surface area contributed by atoms with Gasteiger partial charge >= 0.3 is 5.97 Å². The van der Waals surface area contributed by atoms with E-state index in [-0.39, 0.29) is 0 Å². The van der Waals surface area contributed by atoms with Crippen molar-refractivity contribution in [2.45, 2.75) is 12.7 Å². The van der Waals surface area contributed by atoms with Gasteiger partial charge in [-0.2, -0.15) is 0 Å². The molecule has 0 heterocycles. The molecule has 1 atom stereocenters. The van der Waals surface area contributed by atoms with Gasteiger partial charge in [0.25, 0.3) is 0 Å². The highest BCUT2D eigenvalue weighted by atomic mass is 16.6. The van der Waals surface area contributed by atoms with E-state index >= 15 is 0 Å². The number of aliphatic carboxylic acids is 1. The standard InChI is InChI=1S/C9H10O4/c10-8(11)6-9(12)13-7-4-2-1-3-5-7/h1-5,9,12H,6H2,(H,10,11). The Kier molecular flexibility index (Phi) is 3.28. The molecule has 1 unspecified atom stereocenters. The maximum atomic E-state index is 10.2. The first kappa shape index (κ1) is 9.54. The third-order valence-electron chi connectivity index (χ3n) is 1.36. The van der Waals surface area contributed by atoms with Gasteiger partial charge in [-0.15, -0.1) is 0 Å². The number of aliphatic hydroxyl groups is 1. The van der Waals surface area contributed by atoms with E-state index in [2.05, 4.69) is 0 Å². The van der Waals surface area contributed by atoms with Gasteiger partial charge in [-0.25, -0.2) is 0 Å². The first-order chi connectivity index (χ1) is 6.18. The molecule has 1 rings (SSSR count). The summed E-state index contributed by atoms with van der Waals surface area (Å²) in [6.45, 7) is 0. The number of para-hydroxylation sites is 1. The van der Waals surface area contributed by atoms with Crippen LogP contribution >= 0.6 is 0 Å². The molecular formula is C9H10O4. The summed E-state index contributed by atoms with van der Waals surface area (Å²) in [6.07, 6.45) is -1.71. The molecule has 2 N–H and O–H groups in total. The predicted molar refractivity (Wildman–Crippen MR) is 45.3 cm³/mol. The van der Waals surface area contributed by atoms with Gasteiger partial charge in [0.05, 0.1) is 0 Å². The van der Waals surface area contributed by atoms with Crippen LogP contribution in [0.1, 0.15) is 6.42 Å². The third-order valence-corrected chi connectivity index (χ3v) is 1.36. The zero-order chi connectivity index (χ0) is 9.68. The van der Waals surface area contributed by atoms with Crippen LogP contribution in [0, 0.1) is 0 Å². The number of aliphatic hydroxyl groups excluding tert-OH is 1. The topological polar surface area (TPSA) is 66.8 Å². The van der Waals surface area contributed by atoms with Crippen LogP contribution in [0.5, 0.6) is 5.75 Å². The zero-order valence-electron chi connectivity index (χ0n) is 6.88. The molecule has 13 heavy (non-hydrogen) atoms. The molecule has 0 radical (unpaired) electrons. The summed E-state index contributed by atoms with van der Waals surface area (Å²) in [4.78, 5) is 10.2. The number of benzene rings is 1. The second-order valence-corrected chi connectivity index (χ2v) is 2.48. The van der Waals surface area contributed by atoms with Crippen LogP contribution in [0.2, 0.25) is 0 Å². The second-order valence-electron chi connectivity index (χ2n) is 2.48.